The number of rotatable bonds is 8. The van der Waals surface area contributed by atoms with Gasteiger partial charge in [-0.3, -0.25) is 0 Å². The molecule has 0 saturated heterocycles. The highest BCUT2D eigenvalue weighted by Gasteiger charge is 2.22. The Labute approximate surface area is 101 Å². The summed E-state index contributed by atoms with van der Waals surface area (Å²) in [6, 6.07) is 0.711. The number of nitrogens with zero attached hydrogens (tertiary/aromatic N) is 2. The highest BCUT2D eigenvalue weighted by atomic mass is 32.2. The second-order valence-corrected chi connectivity index (χ2v) is 5.76. The van der Waals surface area contributed by atoms with Gasteiger partial charge in [0.1, 0.15) is 0 Å². The van der Waals surface area contributed by atoms with Crippen LogP contribution in [-0.2, 0) is 0 Å². The van der Waals surface area contributed by atoms with Crippen molar-refractivity contribution in [2.75, 3.05) is 20.6 Å². The highest BCUT2D eigenvalue weighted by molar-refractivity contribution is 7.94. The maximum absolute atomic E-state index is 2.55. The molecular formula is C12H28N2S. The minimum Gasteiger partial charge on any atom is -0.243 e. The smallest absolute Gasteiger partial charge is 0.0237 e. The molecule has 0 amide bonds. The lowest BCUT2D eigenvalue weighted by Gasteiger charge is -2.34. The van der Waals surface area contributed by atoms with Crippen LogP contribution in [0.4, 0.5) is 0 Å². The quantitative estimate of drug-likeness (QED) is 0.590. The summed E-state index contributed by atoms with van der Waals surface area (Å²) in [4.78, 5) is 0. The summed E-state index contributed by atoms with van der Waals surface area (Å²) in [5, 5.41) is 0. The van der Waals surface area contributed by atoms with Gasteiger partial charge in [0.15, 0.2) is 0 Å². The molecule has 2 atom stereocenters. The van der Waals surface area contributed by atoms with E-state index in [1.807, 2.05) is 12.1 Å². The van der Waals surface area contributed by atoms with Crippen molar-refractivity contribution < 1.29 is 0 Å². The Bertz CT molecular complexity index is 151. The molecule has 0 rings (SSSR count). The third-order valence-electron chi connectivity index (χ3n) is 2.80. The molecule has 0 N–H and O–H groups in total. The van der Waals surface area contributed by atoms with Crippen molar-refractivity contribution in [1.29, 1.82) is 0 Å². The first kappa shape index (κ1) is 15.3. The van der Waals surface area contributed by atoms with E-state index in [1.165, 1.54) is 25.8 Å². The van der Waals surface area contributed by atoms with Gasteiger partial charge in [-0.05, 0) is 32.9 Å². The third-order valence-corrected chi connectivity index (χ3v) is 3.79. The molecule has 0 aromatic heterocycles. The first-order valence-corrected chi connectivity index (χ1v) is 6.91. The van der Waals surface area contributed by atoms with Gasteiger partial charge < -0.3 is 0 Å². The first-order valence-electron chi connectivity index (χ1n) is 6.18. The monoisotopic (exact) mass is 232 g/mol. The predicted octanol–water partition coefficient (Wildman–Crippen LogP) is 3.65. The minimum atomic E-state index is 0.711. The molecule has 0 aromatic rings. The van der Waals surface area contributed by atoms with Crippen LogP contribution in [0, 0.1) is 5.92 Å². The van der Waals surface area contributed by atoms with Crippen LogP contribution in [0.25, 0.3) is 0 Å². The van der Waals surface area contributed by atoms with Crippen LogP contribution in [-0.4, -0.2) is 35.3 Å². The summed E-state index contributed by atoms with van der Waals surface area (Å²) in [6.45, 7) is 10.4. The Balaban J connectivity index is 4.39. The van der Waals surface area contributed by atoms with Crippen LogP contribution in [0.1, 0.15) is 47.0 Å². The van der Waals surface area contributed by atoms with Gasteiger partial charge in [0.2, 0.25) is 0 Å². The SMILES string of the molecule is CCCN(SN(C)C)C(CC)C(C)CC. The largest absolute Gasteiger partial charge is 0.243 e. The van der Waals surface area contributed by atoms with Gasteiger partial charge in [-0.25, -0.2) is 8.61 Å². The normalized spacial score (nSPS) is 16.0. The van der Waals surface area contributed by atoms with E-state index in [9.17, 15) is 0 Å². The Morgan fingerprint density at radius 1 is 1.07 bits per heavy atom. The van der Waals surface area contributed by atoms with Gasteiger partial charge in [-0.2, -0.15) is 0 Å². The molecule has 92 valence electrons. The molecule has 15 heavy (non-hydrogen) atoms. The molecule has 0 aliphatic carbocycles. The van der Waals surface area contributed by atoms with E-state index in [0.717, 1.165) is 5.92 Å². The molecule has 3 heteroatoms. The zero-order chi connectivity index (χ0) is 11.8. The molecular weight excluding hydrogens is 204 g/mol. The van der Waals surface area contributed by atoms with Gasteiger partial charge in [0, 0.05) is 24.7 Å². The second kappa shape index (κ2) is 8.43. The molecule has 2 unspecified atom stereocenters. The van der Waals surface area contributed by atoms with Gasteiger partial charge in [-0.1, -0.05) is 34.1 Å². The Morgan fingerprint density at radius 3 is 2.00 bits per heavy atom. The fourth-order valence-corrected chi connectivity index (χ4v) is 3.02. The lowest BCUT2D eigenvalue weighted by molar-refractivity contribution is 0.248. The summed E-state index contributed by atoms with van der Waals surface area (Å²) < 4.78 is 4.74. The van der Waals surface area contributed by atoms with Crippen LogP contribution in [0.2, 0.25) is 0 Å². The Morgan fingerprint density at radius 2 is 1.67 bits per heavy atom. The van der Waals surface area contributed by atoms with Crippen molar-refractivity contribution >= 4 is 12.1 Å². The molecule has 0 spiro atoms. The molecule has 0 aliphatic heterocycles. The van der Waals surface area contributed by atoms with E-state index in [-0.39, 0.29) is 0 Å². The zero-order valence-electron chi connectivity index (χ0n) is 11.3. The minimum absolute atomic E-state index is 0.711. The summed E-state index contributed by atoms with van der Waals surface area (Å²) in [5.41, 5.74) is 0. The van der Waals surface area contributed by atoms with E-state index in [2.05, 4.69) is 50.4 Å². The van der Waals surface area contributed by atoms with Gasteiger partial charge in [0.05, 0.1) is 0 Å². The van der Waals surface area contributed by atoms with E-state index < -0.39 is 0 Å². The highest BCUT2D eigenvalue weighted by Crippen LogP contribution is 2.25. The molecule has 0 radical (unpaired) electrons. The molecule has 0 heterocycles. The van der Waals surface area contributed by atoms with Gasteiger partial charge in [0.25, 0.3) is 0 Å². The lowest BCUT2D eigenvalue weighted by atomic mass is 9.97. The Kier molecular flexibility index (Phi) is 8.58. The molecule has 0 aromatic carbocycles. The van der Waals surface area contributed by atoms with Gasteiger partial charge in [-0.15, -0.1) is 0 Å². The Hall–Kier alpha value is 0.270. The molecule has 0 saturated carbocycles. The maximum atomic E-state index is 2.55. The van der Waals surface area contributed by atoms with Crippen LogP contribution in [0.5, 0.6) is 0 Å². The van der Waals surface area contributed by atoms with Crippen molar-refractivity contribution in [2.24, 2.45) is 5.92 Å². The lowest BCUT2D eigenvalue weighted by Crippen LogP contribution is -2.36. The van der Waals surface area contributed by atoms with Crippen molar-refractivity contribution in [1.82, 2.24) is 8.61 Å². The van der Waals surface area contributed by atoms with E-state index in [4.69, 9.17) is 0 Å². The topological polar surface area (TPSA) is 6.48 Å². The number of hydrogen-bond donors (Lipinski definition) is 0. The summed E-state index contributed by atoms with van der Waals surface area (Å²) in [6.07, 6.45) is 3.75. The molecule has 2 nitrogen and oxygen atoms in total. The van der Waals surface area contributed by atoms with E-state index >= 15 is 0 Å². The summed E-state index contributed by atoms with van der Waals surface area (Å²) in [5.74, 6) is 0.786. The molecule has 0 bridgehead atoms. The number of hydrogen-bond acceptors (Lipinski definition) is 3. The van der Waals surface area contributed by atoms with Crippen molar-refractivity contribution in [3.63, 3.8) is 0 Å². The van der Waals surface area contributed by atoms with Crippen LogP contribution >= 0.6 is 12.1 Å². The average Bonchev–Trinajstić information content (AvgIpc) is 2.18. The van der Waals surface area contributed by atoms with Crippen LogP contribution in [0.3, 0.4) is 0 Å². The third kappa shape index (κ3) is 5.79. The standard InChI is InChI=1S/C12H28N2S/c1-7-10-14(15-13(5)6)12(9-3)11(4)8-2/h11-12H,7-10H2,1-6H3. The maximum Gasteiger partial charge on any atom is 0.0237 e. The van der Waals surface area contributed by atoms with E-state index in [1.54, 1.807) is 0 Å². The summed E-state index contributed by atoms with van der Waals surface area (Å²) >= 11 is 1.87. The van der Waals surface area contributed by atoms with Crippen LogP contribution in [0.15, 0.2) is 0 Å². The molecule has 0 fully saturated rings. The average molecular weight is 232 g/mol. The first-order chi connectivity index (χ1) is 7.06. The van der Waals surface area contributed by atoms with Gasteiger partial charge >= 0.3 is 0 Å². The van der Waals surface area contributed by atoms with Crippen molar-refractivity contribution in [3.05, 3.63) is 0 Å². The molecule has 0 aliphatic rings. The zero-order valence-corrected chi connectivity index (χ0v) is 12.1. The fourth-order valence-electron chi connectivity index (χ4n) is 1.86. The van der Waals surface area contributed by atoms with Crippen molar-refractivity contribution in [3.8, 4) is 0 Å². The predicted molar refractivity (Wildman–Crippen MR) is 71.8 cm³/mol. The van der Waals surface area contributed by atoms with Crippen LogP contribution < -0.4 is 0 Å². The fraction of sp³-hybridized carbons (Fsp3) is 1.00. The summed E-state index contributed by atoms with van der Waals surface area (Å²) in [7, 11) is 4.24. The van der Waals surface area contributed by atoms with Crippen molar-refractivity contribution in [2.45, 2.75) is 53.0 Å². The second-order valence-electron chi connectivity index (χ2n) is 4.40. The van der Waals surface area contributed by atoms with E-state index in [0.29, 0.717) is 6.04 Å².